The maximum absolute atomic E-state index is 12.3. The van der Waals surface area contributed by atoms with Gasteiger partial charge in [0.1, 0.15) is 11.3 Å². The average molecular weight is 407 g/mol. The van der Waals surface area contributed by atoms with Crippen LogP contribution in [0.1, 0.15) is 47.5 Å². The second-order valence-corrected chi connectivity index (χ2v) is 7.41. The van der Waals surface area contributed by atoms with E-state index in [9.17, 15) is 4.79 Å². The summed E-state index contributed by atoms with van der Waals surface area (Å²) in [4.78, 5) is 16.6. The Bertz CT molecular complexity index is 1040. The lowest BCUT2D eigenvalue weighted by Crippen LogP contribution is -2.36. The maximum atomic E-state index is 12.3. The number of benzene rings is 2. The minimum atomic E-state index is -0.0472. The molecule has 30 heavy (non-hydrogen) atoms. The van der Waals surface area contributed by atoms with Gasteiger partial charge >= 0.3 is 0 Å². The largest absolute Gasteiger partial charge is 0.459 e. The molecule has 0 aliphatic rings. The molecule has 0 aliphatic carbocycles. The van der Waals surface area contributed by atoms with Crippen LogP contribution in [0.5, 0.6) is 0 Å². The highest BCUT2D eigenvalue weighted by Crippen LogP contribution is 2.24. The number of carbonyl (C=O) groups excluding carboxylic acids is 1. The Morgan fingerprint density at radius 1 is 1.10 bits per heavy atom. The molecular weight excluding hydrogens is 376 g/mol. The fourth-order valence-corrected chi connectivity index (χ4v) is 3.20. The third kappa shape index (κ3) is 5.20. The van der Waals surface area contributed by atoms with Crippen LogP contribution in [0.3, 0.4) is 0 Å². The normalized spacial score (nSPS) is 12.6. The van der Waals surface area contributed by atoms with E-state index in [-0.39, 0.29) is 11.9 Å². The first kappa shape index (κ1) is 21.4. The highest BCUT2D eigenvalue weighted by Gasteiger charge is 2.11. The number of para-hydroxylation sites is 1. The number of rotatable bonds is 7. The van der Waals surface area contributed by atoms with Gasteiger partial charge in [0.15, 0.2) is 5.96 Å². The van der Waals surface area contributed by atoms with Gasteiger partial charge in [0.25, 0.3) is 5.91 Å². The topological polar surface area (TPSA) is 78.7 Å². The van der Waals surface area contributed by atoms with Gasteiger partial charge in [0.05, 0.1) is 6.54 Å². The summed E-state index contributed by atoms with van der Waals surface area (Å²) >= 11 is 0. The van der Waals surface area contributed by atoms with Crippen LogP contribution in [0.4, 0.5) is 0 Å². The number of furan rings is 1. The van der Waals surface area contributed by atoms with Crippen LogP contribution in [0, 0.1) is 6.92 Å². The van der Waals surface area contributed by atoms with Gasteiger partial charge in [-0.05, 0) is 44.0 Å². The minimum Gasteiger partial charge on any atom is -0.459 e. The Morgan fingerprint density at radius 3 is 2.60 bits per heavy atom. The third-order valence-electron chi connectivity index (χ3n) is 5.22. The first-order valence-corrected chi connectivity index (χ1v) is 10.3. The number of nitrogens with one attached hydrogen (secondary N) is 3. The first-order valence-electron chi connectivity index (χ1n) is 10.3. The lowest BCUT2D eigenvalue weighted by Gasteiger charge is -2.13. The van der Waals surface area contributed by atoms with E-state index in [4.69, 9.17) is 4.42 Å². The summed E-state index contributed by atoms with van der Waals surface area (Å²) in [6.45, 7) is 7.22. The minimum absolute atomic E-state index is 0.0472. The molecule has 0 saturated carbocycles. The number of aliphatic imine (C=N–C) groups is 1. The number of guanidine groups is 1. The van der Waals surface area contributed by atoms with Crippen LogP contribution in [0.15, 0.2) is 57.9 Å². The Labute approximate surface area is 177 Å². The fourth-order valence-electron chi connectivity index (χ4n) is 3.20. The lowest BCUT2D eigenvalue weighted by molar-refractivity contribution is 0.0939. The van der Waals surface area contributed by atoms with Gasteiger partial charge < -0.3 is 20.4 Å². The number of carbonyl (C=O) groups is 1. The van der Waals surface area contributed by atoms with Gasteiger partial charge in [0.2, 0.25) is 0 Å². The lowest BCUT2D eigenvalue weighted by atomic mass is 10.1. The van der Waals surface area contributed by atoms with Crippen molar-refractivity contribution in [3.05, 3.63) is 71.0 Å². The predicted octanol–water partition coefficient (Wildman–Crippen LogP) is 4.13. The molecule has 3 N–H and O–H groups in total. The molecule has 3 rings (SSSR count). The monoisotopic (exact) mass is 406 g/mol. The SMILES string of the molecule is CCC(C)NC(=O)c1cccc(CNC(=NC)NCc2oc3ccccc3c2C)c1. The van der Waals surface area contributed by atoms with Gasteiger partial charge in [-0.3, -0.25) is 9.79 Å². The molecule has 3 aromatic rings. The molecule has 158 valence electrons. The van der Waals surface area contributed by atoms with Crippen molar-refractivity contribution in [1.29, 1.82) is 0 Å². The molecule has 1 amide bonds. The summed E-state index contributed by atoms with van der Waals surface area (Å²) in [5.74, 6) is 1.52. The van der Waals surface area contributed by atoms with Crippen molar-refractivity contribution in [3.8, 4) is 0 Å². The summed E-state index contributed by atoms with van der Waals surface area (Å²) in [5.41, 5.74) is 3.70. The summed E-state index contributed by atoms with van der Waals surface area (Å²) in [5, 5.41) is 10.7. The van der Waals surface area contributed by atoms with E-state index < -0.39 is 0 Å². The van der Waals surface area contributed by atoms with Crippen LogP contribution in [0.2, 0.25) is 0 Å². The number of aryl methyl sites for hydroxylation is 1. The molecule has 0 spiro atoms. The number of hydrogen-bond acceptors (Lipinski definition) is 3. The molecule has 6 heteroatoms. The van der Waals surface area contributed by atoms with Crippen molar-refractivity contribution in [3.63, 3.8) is 0 Å². The van der Waals surface area contributed by atoms with Crippen molar-refractivity contribution in [2.45, 2.75) is 46.3 Å². The Balaban J connectivity index is 1.58. The van der Waals surface area contributed by atoms with Crippen LogP contribution in [-0.4, -0.2) is 25.0 Å². The van der Waals surface area contributed by atoms with E-state index in [1.807, 2.05) is 49.4 Å². The van der Waals surface area contributed by atoms with Crippen LogP contribution >= 0.6 is 0 Å². The molecule has 1 heterocycles. The van der Waals surface area contributed by atoms with Crippen LogP contribution < -0.4 is 16.0 Å². The summed E-state index contributed by atoms with van der Waals surface area (Å²) in [6.07, 6.45) is 0.902. The zero-order valence-corrected chi connectivity index (χ0v) is 18.1. The molecule has 1 aromatic heterocycles. The smallest absolute Gasteiger partial charge is 0.251 e. The van der Waals surface area contributed by atoms with Crippen molar-refractivity contribution in [1.82, 2.24) is 16.0 Å². The van der Waals surface area contributed by atoms with Crippen LogP contribution in [-0.2, 0) is 13.1 Å². The highest BCUT2D eigenvalue weighted by molar-refractivity contribution is 5.94. The van der Waals surface area contributed by atoms with Crippen LogP contribution in [0.25, 0.3) is 11.0 Å². The number of amides is 1. The second kappa shape index (κ2) is 9.96. The molecule has 0 bridgehead atoms. The van der Waals surface area contributed by atoms with Crippen molar-refractivity contribution < 1.29 is 9.21 Å². The van der Waals surface area contributed by atoms with Gasteiger partial charge in [-0.1, -0.05) is 37.3 Å². The molecular formula is C24H30N4O2. The number of hydrogen-bond donors (Lipinski definition) is 3. The third-order valence-corrected chi connectivity index (χ3v) is 5.22. The number of fused-ring (bicyclic) bond motifs is 1. The molecule has 1 atom stereocenters. The van der Waals surface area contributed by atoms with E-state index >= 15 is 0 Å². The molecule has 0 fully saturated rings. The average Bonchev–Trinajstić information content (AvgIpc) is 3.09. The zero-order chi connectivity index (χ0) is 21.5. The standard InChI is InChI=1S/C24H30N4O2/c1-5-16(2)28-23(29)19-10-8-9-18(13-19)14-26-24(25-4)27-15-22-17(3)20-11-6-7-12-21(20)30-22/h6-13,16H,5,14-15H2,1-4H3,(H,28,29)(H2,25,26,27). The second-order valence-electron chi connectivity index (χ2n) is 7.41. The molecule has 6 nitrogen and oxygen atoms in total. The van der Waals surface area contributed by atoms with Crippen molar-refractivity contribution in [2.24, 2.45) is 4.99 Å². The Hall–Kier alpha value is -3.28. The van der Waals surface area contributed by atoms with E-state index in [0.29, 0.717) is 24.6 Å². The molecule has 2 aromatic carbocycles. The van der Waals surface area contributed by atoms with E-state index in [1.54, 1.807) is 7.05 Å². The van der Waals surface area contributed by atoms with E-state index in [2.05, 4.69) is 40.9 Å². The molecule has 0 aliphatic heterocycles. The van der Waals surface area contributed by atoms with E-state index in [1.165, 1.54) is 0 Å². The van der Waals surface area contributed by atoms with Gasteiger partial charge in [-0.25, -0.2) is 0 Å². The summed E-state index contributed by atoms with van der Waals surface area (Å²) in [6, 6.07) is 15.8. The quantitative estimate of drug-likeness (QED) is 0.407. The molecule has 0 radical (unpaired) electrons. The maximum Gasteiger partial charge on any atom is 0.251 e. The van der Waals surface area contributed by atoms with Crippen molar-refractivity contribution in [2.75, 3.05) is 7.05 Å². The van der Waals surface area contributed by atoms with E-state index in [0.717, 1.165) is 34.3 Å². The summed E-state index contributed by atoms with van der Waals surface area (Å²) < 4.78 is 5.95. The predicted molar refractivity (Wildman–Crippen MR) is 122 cm³/mol. The van der Waals surface area contributed by atoms with Gasteiger partial charge in [-0.2, -0.15) is 0 Å². The van der Waals surface area contributed by atoms with Gasteiger partial charge in [-0.15, -0.1) is 0 Å². The Kier molecular flexibility index (Phi) is 7.12. The molecule has 0 saturated heterocycles. The molecule has 1 unspecified atom stereocenters. The fraction of sp³-hybridized carbons (Fsp3) is 0.333. The summed E-state index contributed by atoms with van der Waals surface area (Å²) in [7, 11) is 1.73. The van der Waals surface area contributed by atoms with Gasteiger partial charge in [0, 0.05) is 36.1 Å². The first-order chi connectivity index (χ1) is 14.5. The number of nitrogens with zero attached hydrogens (tertiary/aromatic N) is 1. The zero-order valence-electron chi connectivity index (χ0n) is 18.1. The highest BCUT2D eigenvalue weighted by atomic mass is 16.3. The van der Waals surface area contributed by atoms with Crippen molar-refractivity contribution >= 4 is 22.8 Å². The Morgan fingerprint density at radius 2 is 1.87 bits per heavy atom.